The van der Waals surface area contributed by atoms with Gasteiger partial charge in [0.2, 0.25) is 0 Å². The number of hydrogen-bond donors (Lipinski definition) is 0. The third-order valence-electron chi connectivity index (χ3n) is 8.34. The largest absolute Gasteiger partial charge is 0.497 e. The van der Waals surface area contributed by atoms with E-state index in [0.717, 1.165) is 54.5 Å². The molecule has 0 N–H and O–H groups in total. The maximum absolute atomic E-state index is 7.32. The standard InChI is InChI=1S/C35H29NO3S2/c1-22-7-9-24(10-8-22)35(25-11-13-26(37-2)14-12-25)16-15-23-21-28(36-17-19-38-20-18-36)30-33(31(23)39-35)41-32-27-5-3-4-6-29(27)40-34(30)32/h3-16,21H,17-20H2,1-2H3. The molecular weight excluding hydrogens is 547 g/mol. The smallest absolute Gasteiger partial charge is 0.178 e. The van der Waals surface area contributed by atoms with Crippen molar-refractivity contribution < 1.29 is 14.2 Å². The molecule has 41 heavy (non-hydrogen) atoms. The van der Waals surface area contributed by atoms with Gasteiger partial charge in [-0.25, -0.2) is 0 Å². The molecular formula is C35H29NO3S2. The maximum Gasteiger partial charge on any atom is 0.178 e. The zero-order valence-electron chi connectivity index (χ0n) is 23.0. The van der Waals surface area contributed by atoms with E-state index in [-0.39, 0.29) is 0 Å². The first-order chi connectivity index (χ1) is 20.1. The van der Waals surface area contributed by atoms with E-state index in [9.17, 15) is 0 Å². The van der Waals surface area contributed by atoms with Crippen molar-refractivity contribution in [3.8, 4) is 11.5 Å². The average molecular weight is 576 g/mol. The number of rotatable bonds is 4. The fourth-order valence-corrected chi connectivity index (χ4v) is 8.94. The molecule has 1 atom stereocenters. The lowest BCUT2D eigenvalue weighted by Gasteiger charge is -2.37. The third-order valence-corrected chi connectivity index (χ3v) is 10.9. The monoisotopic (exact) mass is 575 g/mol. The molecule has 204 valence electrons. The first kappa shape index (κ1) is 24.9. The summed E-state index contributed by atoms with van der Waals surface area (Å²) in [6, 6.07) is 28.1. The van der Waals surface area contributed by atoms with Crippen molar-refractivity contribution >= 4 is 64.0 Å². The topological polar surface area (TPSA) is 30.9 Å². The summed E-state index contributed by atoms with van der Waals surface area (Å²) in [7, 11) is 1.70. The minimum absolute atomic E-state index is 0.749. The van der Waals surface area contributed by atoms with Gasteiger partial charge in [0.15, 0.2) is 5.60 Å². The van der Waals surface area contributed by atoms with Gasteiger partial charge in [0.05, 0.1) is 34.4 Å². The van der Waals surface area contributed by atoms with Crippen molar-refractivity contribution in [1.82, 2.24) is 0 Å². The Balaban J connectivity index is 1.40. The van der Waals surface area contributed by atoms with Crippen molar-refractivity contribution in [3.63, 3.8) is 0 Å². The van der Waals surface area contributed by atoms with Crippen LogP contribution in [0.4, 0.5) is 5.69 Å². The molecule has 6 heteroatoms. The molecule has 1 fully saturated rings. The van der Waals surface area contributed by atoms with E-state index in [2.05, 4.69) is 90.7 Å². The van der Waals surface area contributed by atoms with Crippen LogP contribution < -0.4 is 14.4 Å². The molecule has 0 bridgehead atoms. The highest BCUT2D eigenvalue weighted by molar-refractivity contribution is 7.36. The Kier molecular flexibility index (Phi) is 5.85. The molecule has 0 aliphatic carbocycles. The van der Waals surface area contributed by atoms with E-state index in [0.29, 0.717) is 0 Å². The molecule has 0 radical (unpaired) electrons. The minimum Gasteiger partial charge on any atom is -0.497 e. The lowest BCUT2D eigenvalue weighted by Crippen LogP contribution is -2.37. The number of anilines is 1. The predicted molar refractivity (Wildman–Crippen MR) is 172 cm³/mol. The van der Waals surface area contributed by atoms with Gasteiger partial charge >= 0.3 is 0 Å². The van der Waals surface area contributed by atoms with Crippen LogP contribution >= 0.6 is 22.7 Å². The van der Waals surface area contributed by atoms with Gasteiger partial charge in [-0.2, -0.15) is 0 Å². The summed E-state index contributed by atoms with van der Waals surface area (Å²) in [4.78, 5) is 2.49. The lowest BCUT2D eigenvalue weighted by molar-refractivity contribution is 0.123. The first-order valence-electron chi connectivity index (χ1n) is 14.0. The normalized spacial score (nSPS) is 18.6. The van der Waals surface area contributed by atoms with Crippen LogP contribution in [0.5, 0.6) is 11.5 Å². The van der Waals surface area contributed by atoms with Gasteiger partial charge in [0, 0.05) is 50.9 Å². The average Bonchev–Trinajstić information content (AvgIpc) is 3.58. The molecule has 0 spiro atoms. The van der Waals surface area contributed by atoms with Crippen LogP contribution in [-0.2, 0) is 10.3 Å². The molecule has 4 heterocycles. The first-order valence-corrected chi connectivity index (χ1v) is 15.6. The summed E-state index contributed by atoms with van der Waals surface area (Å²) < 4.78 is 23.8. The highest BCUT2D eigenvalue weighted by Crippen LogP contribution is 2.54. The van der Waals surface area contributed by atoms with Crippen LogP contribution in [0.25, 0.3) is 35.6 Å². The summed E-state index contributed by atoms with van der Waals surface area (Å²) in [5.74, 6) is 1.78. The van der Waals surface area contributed by atoms with E-state index in [1.165, 1.54) is 40.8 Å². The maximum atomic E-state index is 7.32. The van der Waals surface area contributed by atoms with Crippen molar-refractivity contribution in [2.24, 2.45) is 0 Å². The molecule has 1 saturated heterocycles. The molecule has 2 aliphatic rings. The second-order valence-corrected chi connectivity index (χ2v) is 12.8. The molecule has 2 aromatic heterocycles. The van der Waals surface area contributed by atoms with Gasteiger partial charge < -0.3 is 19.1 Å². The minimum atomic E-state index is -0.764. The predicted octanol–water partition coefficient (Wildman–Crippen LogP) is 8.77. The van der Waals surface area contributed by atoms with Gasteiger partial charge in [-0.15, -0.1) is 22.7 Å². The Morgan fingerprint density at radius 3 is 2.32 bits per heavy atom. The molecule has 2 aliphatic heterocycles. The highest BCUT2D eigenvalue weighted by Gasteiger charge is 2.39. The molecule has 1 unspecified atom stereocenters. The summed E-state index contributed by atoms with van der Waals surface area (Å²) in [5.41, 5.74) is 5.03. The number of morpholine rings is 1. The zero-order chi connectivity index (χ0) is 27.6. The number of aryl methyl sites for hydroxylation is 1. The van der Waals surface area contributed by atoms with Gasteiger partial charge in [-0.05, 0) is 37.3 Å². The number of hydrogen-bond acceptors (Lipinski definition) is 6. The van der Waals surface area contributed by atoms with E-state index in [1.807, 2.05) is 34.8 Å². The van der Waals surface area contributed by atoms with Crippen LogP contribution in [-0.4, -0.2) is 33.4 Å². The highest BCUT2D eigenvalue weighted by atomic mass is 32.1. The van der Waals surface area contributed by atoms with Gasteiger partial charge in [-0.3, -0.25) is 0 Å². The number of nitrogens with zero attached hydrogens (tertiary/aromatic N) is 1. The van der Waals surface area contributed by atoms with E-state index < -0.39 is 5.60 Å². The molecule has 4 aromatic carbocycles. The van der Waals surface area contributed by atoms with Crippen LogP contribution in [0.3, 0.4) is 0 Å². The Bertz CT molecular complexity index is 1950. The second kappa shape index (κ2) is 9.62. The molecule has 0 saturated carbocycles. The summed E-state index contributed by atoms with van der Waals surface area (Å²) in [6.07, 6.45) is 4.49. The fraction of sp³-hybridized carbons (Fsp3) is 0.200. The van der Waals surface area contributed by atoms with Gasteiger partial charge in [0.1, 0.15) is 11.5 Å². The summed E-state index contributed by atoms with van der Waals surface area (Å²) >= 11 is 3.75. The van der Waals surface area contributed by atoms with Crippen LogP contribution in [0.15, 0.2) is 84.9 Å². The Morgan fingerprint density at radius 1 is 0.829 bits per heavy atom. The van der Waals surface area contributed by atoms with E-state index in [1.54, 1.807) is 7.11 Å². The van der Waals surface area contributed by atoms with Crippen molar-refractivity contribution in [3.05, 3.63) is 107 Å². The Morgan fingerprint density at radius 2 is 1.56 bits per heavy atom. The third kappa shape index (κ3) is 3.89. The second-order valence-electron chi connectivity index (χ2n) is 10.7. The number of fused-ring (bicyclic) bond motifs is 7. The van der Waals surface area contributed by atoms with Gasteiger partial charge in [0.25, 0.3) is 0 Å². The summed E-state index contributed by atoms with van der Waals surface area (Å²) in [5, 5.41) is 2.62. The Labute approximate surface area is 247 Å². The van der Waals surface area contributed by atoms with Crippen molar-refractivity contribution in [2.45, 2.75) is 12.5 Å². The lowest BCUT2D eigenvalue weighted by atomic mass is 9.83. The van der Waals surface area contributed by atoms with E-state index >= 15 is 0 Å². The fourth-order valence-electron chi connectivity index (χ4n) is 6.15. The molecule has 0 amide bonds. The number of benzene rings is 4. The quantitative estimate of drug-likeness (QED) is 0.210. The van der Waals surface area contributed by atoms with Gasteiger partial charge in [-0.1, -0.05) is 66.2 Å². The SMILES string of the molecule is COc1ccc(C2(c3ccc(C)cc3)C=Cc3cc(N4CCOCC4)c4c(sc5c6ccccc6sc54)c3O2)cc1. The zero-order valence-corrected chi connectivity index (χ0v) is 24.6. The van der Waals surface area contributed by atoms with Crippen molar-refractivity contribution in [1.29, 1.82) is 0 Å². The number of thiophene rings is 2. The molecule has 4 nitrogen and oxygen atoms in total. The van der Waals surface area contributed by atoms with Crippen LogP contribution in [0.2, 0.25) is 0 Å². The Hall–Kier alpha value is -3.84. The molecule has 6 aromatic rings. The van der Waals surface area contributed by atoms with Crippen molar-refractivity contribution in [2.75, 3.05) is 38.3 Å². The molecule has 8 rings (SSSR count). The van der Waals surface area contributed by atoms with Crippen LogP contribution in [0.1, 0.15) is 22.3 Å². The number of methoxy groups -OCH3 is 1. The summed E-state index contributed by atoms with van der Waals surface area (Å²) in [6.45, 7) is 5.40. The number of ether oxygens (including phenoxy) is 3. The van der Waals surface area contributed by atoms with Crippen LogP contribution in [0, 0.1) is 6.92 Å². The van der Waals surface area contributed by atoms with E-state index in [4.69, 9.17) is 14.2 Å².